The number of aliphatic hydroxyl groups is 1. The van der Waals surface area contributed by atoms with Crippen LogP contribution < -0.4 is 0 Å². The second-order valence-corrected chi connectivity index (χ2v) is 3.04. The maximum Gasteiger partial charge on any atom is 0.391 e. The number of hydrogen-bond donors (Lipinski definition) is 1. The summed E-state index contributed by atoms with van der Waals surface area (Å²) in [5.41, 5.74) is 0.601. The standard InChI is InChI=1S/C9H10F3NO/c10-9(11,12)5-8(14)4-7-2-1-3-13-6-7/h1-3,6,8,14H,4-5H2. The predicted octanol–water partition coefficient (Wildman–Crippen LogP) is 1.94. The van der Waals surface area contributed by atoms with Gasteiger partial charge in [0.1, 0.15) is 0 Å². The zero-order valence-electron chi connectivity index (χ0n) is 7.33. The summed E-state index contributed by atoms with van der Waals surface area (Å²) in [6, 6.07) is 3.25. The van der Waals surface area contributed by atoms with Crippen molar-refractivity contribution < 1.29 is 18.3 Å². The topological polar surface area (TPSA) is 33.1 Å². The maximum atomic E-state index is 11.8. The van der Waals surface area contributed by atoms with Crippen LogP contribution in [0.5, 0.6) is 0 Å². The minimum atomic E-state index is -4.32. The van der Waals surface area contributed by atoms with Gasteiger partial charge in [0, 0.05) is 18.8 Å². The van der Waals surface area contributed by atoms with Crippen molar-refractivity contribution in [3.8, 4) is 0 Å². The lowest BCUT2D eigenvalue weighted by atomic mass is 10.1. The first kappa shape index (κ1) is 11.0. The van der Waals surface area contributed by atoms with Gasteiger partial charge in [-0.1, -0.05) is 6.07 Å². The quantitative estimate of drug-likeness (QED) is 0.817. The Morgan fingerprint density at radius 1 is 1.43 bits per heavy atom. The van der Waals surface area contributed by atoms with Crippen molar-refractivity contribution in [3.05, 3.63) is 30.1 Å². The molecule has 0 saturated heterocycles. The molecule has 0 aliphatic carbocycles. The fourth-order valence-electron chi connectivity index (χ4n) is 1.13. The molecule has 1 rings (SSSR count). The first-order valence-corrected chi connectivity index (χ1v) is 4.11. The zero-order chi connectivity index (χ0) is 10.6. The van der Waals surface area contributed by atoms with Gasteiger partial charge in [-0.2, -0.15) is 13.2 Å². The Balaban J connectivity index is 2.46. The van der Waals surface area contributed by atoms with Gasteiger partial charge in [0.15, 0.2) is 0 Å². The van der Waals surface area contributed by atoms with Crippen LogP contribution >= 0.6 is 0 Å². The zero-order valence-corrected chi connectivity index (χ0v) is 7.33. The van der Waals surface area contributed by atoms with Gasteiger partial charge in [0.25, 0.3) is 0 Å². The van der Waals surface area contributed by atoms with Gasteiger partial charge >= 0.3 is 6.18 Å². The number of rotatable bonds is 3. The van der Waals surface area contributed by atoms with E-state index < -0.39 is 18.7 Å². The third kappa shape index (κ3) is 4.23. The summed E-state index contributed by atoms with van der Waals surface area (Å²) in [4.78, 5) is 3.74. The lowest BCUT2D eigenvalue weighted by molar-refractivity contribution is -0.153. The lowest BCUT2D eigenvalue weighted by Crippen LogP contribution is -2.21. The molecule has 1 unspecified atom stereocenters. The van der Waals surface area contributed by atoms with Crippen LogP contribution in [0.2, 0.25) is 0 Å². The largest absolute Gasteiger partial charge is 0.392 e. The Morgan fingerprint density at radius 3 is 2.64 bits per heavy atom. The van der Waals surface area contributed by atoms with Crippen LogP contribution in [-0.4, -0.2) is 22.4 Å². The Kier molecular flexibility index (Phi) is 3.46. The number of aromatic nitrogens is 1. The fraction of sp³-hybridized carbons (Fsp3) is 0.444. The van der Waals surface area contributed by atoms with Crippen molar-refractivity contribution in [1.82, 2.24) is 4.98 Å². The predicted molar refractivity (Wildman–Crippen MR) is 44.6 cm³/mol. The first-order valence-electron chi connectivity index (χ1n) is 4.11. The van der Waals surface area contributed by atoms with Crippen molar-refractivity contribution >= 4 is 0 Å². The van der Waals surface area contributed by atoms with E-state index >= 15 is 0 Å². The van der Waals surface area contributed by atoms with Gasteiger partial charge in [-0.3, -0.25) is 4.98 Å². The summed E-state index contributed by atoms with van der Waals surface area (Å²) >= 11 is 0. The van der Waals surface area contributed by atoms with Crippen LogP contribution in [0, 0.1) is 0 Å². The molecule has 0 spiro atoms. The molecule has 2 nitrogen and oxygen atoms in total. The molecule has 5 heteroatoms. The van der Waals surface area contributed by atoms with Gasteiger partial charge in [-0.05, 0) is 11.6 Å². The van der Waals surface area contributed by atoms with E-state index in [-0.39, 0.29) is 6.42 Å². The van der Waals surface area contributed by atoms with Crippen LogP contribution in [0.4, 0.5) is 13.2 Å². The molecule has 1 aromatic heterocycles. The van der Waals surface area contributed by atoms with E-state index in [9.17, 15) is 13.2 Å². The number of hydrogen-bond acceptors (Lipinski definition) is 2. The van der Waals surface area contributed by atoms with E-state index in [0.29, 0.717) is 5.56 Å². The van der Waals surface area contributed by atoms with Gasteiger partial charge in [-0.25, -0.2) is 0 Å². The van der Waals surface area contributed by atoms with Crippen LogP contribution in [0.1, 0.15) is 12.0 Å². The summed E-state index contributed by atoms with van der Waals surface area (Å²) in [6.45, 7) is 0. The Labute approximate surface area is 79.4 Å². The highest BCUT2D eigenvalue weighted by Gasteiger charge is 2.30. The molecule has 0 aliphatic rings. The molecule has 14 heavy (non-hydrogen) atoms. The third-order valence-electron chi connectivity index (χ3n) is 1.66. The number of halogens is 3. The van der Waals surface area contributed by atoms with Gasteiger partial charge < -0.3 is 5.11 Å². The molecule has 1 N–H and O–H groups in total. The molecule has 1 aromatic rings. The molecule has 0 saturated carbocycles. The molecular formula is C9H10F3NO. The molecule has 1 heterocycles. The molecule has 0 amide bonds. The Bertz CT molecular complexity index is 273. The fourth-order valence-corrected chi connectivity index (χ4v) is 1.13. The first-order chi connectivity index (χ1) is 6.47. The van der Waals surface area contributed by atoms with Crippen molar-refractivity contribution in [1.29, 1.82) is 0 Å². The number of aliphatic hydroxyl groups excluding tert-OH is 1. The molecule has 0 bridgehead atoms. The van der Waals surface area contributed by atoms with E-state index in [1.807, 2.05) is 0 Å². The third-order valence-corrected chi connectivity index (χ3v) is 1.66. The highest BCUT2D eigenvalue weighted by atomic mass is 19.4. The van der Waals surface area contributed by atoms with Gasteiger partial charge in [0.2, 0.25) is 0 Å². The normalized spacial score (nSPS) is 14.0. The number of nitrogens with zero attached hydrogens (tertiary/aromatic N) is 1. The van der Waals surface area contributed by atoms with Gasteiger partial charge in [-0.15, -0.1) is 0 Å². The molecule has 0 aliphatic heterocycles. The molecule has 0 fully saturated rings. The molecule has 0 aromatic carbocycles. The van der Waals surface area contributed by atoms with Gasteiger partial charge in [0.05, 0.1) is 12.5 Å². The van der Waals surface area contributed by atoms with E-state index in [1.54, 1.807) is 12.1 Å². The highest BCUT2D eigenvalue weighted by molar-refractivity contribution is 5.09. The number of alkyl halides is 3. The maximum absolute atomic E-state index is 11.8. The van der Waals surface area contributed by atoms with Crippen LogP contribution in [0.15, 0.2) is 24.5 Å². The summed E-state index contributed by atoms with van der Waals surface area (Å²) in [7, 11) is 0. The van der Waals surface area contributed by atoms with Crippen molar-refractivity contribution in [2.75, 3.05) is 0 Å². The average Bonchev–Trinajstić information content (AvgIpc) is 2.02. The second kappa shape index (κ2) is 4.41. The second-order valence-electron chi connectivity index (χ2n) is 3.04. The van der Waals surface area contributed by atoms with Crippen LogP contribution in [-0.2, 0) is 6.42 Å². The highest BCUT2D eigenvalue weighted by Crippen LogP contribution is 2.22. The van der Waals surface area contributed by atoms with Crippen molar-refractivity contribution in [2.24, 2.45) is 0 Å². The average molecular weight is 205 g/mol. The molecule has 0 radical (unpaired) electrons. The molecule has 1 atom stereocenters. The van der Waals surface area contributed by atoms with E-state index in [1.165, 1.54) is 12.4 Å². The minimum Gasteiger partial charge on any atom is -0.392 e. The summed E-state index contributed by atoms with van der Waals surface area (Å²) in [5.74, 6) is 0. The van der Waals surface area contributed by atoms with E-state index in [4.69, 9.17) is 5.11 Å². The Morgan fingerprint density at radius 2 is 2.14 bits per heavy atom. The SMILES string of the molecule is OC(Cc1cccnc1)CC(F)(F)F. The minimum absolute atomic E-state index is 0.0205. The van der Waals surface area contributed by atoms with Crippen molar-refractivity contribution in [3.63, 3.8) is 0 Å². The Hall–Kier alpha value is -1.10. The molecular weight excluding hydrogens is 195 g/mol. The lowest BCUT2D eigenvalue weighted by Gasteiger charge is -2.12. The van der Waals surface area contributed by atoms with E-state index in [0.717, 1.165) is 0 Å². The summed E-state index contributed by atoms with van der Waals surface area (Å²) in [6.07, 6.45) is -3.94. The number of pyridine rings is 1. The van der Waals surface area contributed by atoms with Crippen LogP contribution in [0.25, 0.3) is 0 Å². The van der Waals surface area contributed by atoms with Crippen LogP contribution in [0.3, 0.4) is 0 Å². The summed E-state index contributed by atoms with van der Waals surface area (Å²) in [5, 5.41) is 9.09. The smallest absolute Gasteiger partial charge is 0.391 e. The monoisotopic (exact) mass is 205 g/mol. The van der Waals surface area contributed by atoms with E-state index in [2.05, 4.69) is 4.98 Å². The van der Waals surface area contributed by atoms with Crippen molar-refractivity contribution in [2.45, 2.75) is 25.1 Å². The summed E-state index contributed by atoms with van der Waals surface area (Å²) < 4.78 is 35.5. The molecule has 78 valence electrons.